The highest BCUT2D eigenvalue weighted by Crippen LogP contribution is 2.29. The third kappa shape index (κ3) is 14.0. The van der Waals surface area contributed by atoms with E-state index in [1.54, 1.807) is 36.4 Å². The van der Waals surface area contributed by atoms with E-state index in [0.29, 0.717) is 30.0 Å². The molecule has 0 amide bonds. The van der Waals surface area contributed by atoms with Gasteiger partial charge in [0.05, 0.1) is 125 Å². The van der Waals surface area contributed by atoms with E-state index in [-0.39, 0.29) is 86.6 Å². The number of hydrogen-bond acceptors (Lipinski definition) is 15. The van der Waals surface area contributed by atoms with Crippen molar-refractivity contribution >= 4 is 115 Å². The first-order valence-corrected chi connectivity index (χ1v) is 26.5. The van der Waals surface area contributed by atoms with Gasteiger partial charge in [0.1, 0.15) is 17.5 Å². The number of hydrogen-bond donors (Lipinski definition) is 9. The van der Waals surface area contributed by atoms with E-state index >= 15 is 0 Å². The first-order chi connectivity index (χ1) is 38.4. The lowest BCUT2D eigenvalue weighted by molar-refractivity contribution is 0.0805. The summed E-state index contributed by atoms with van der Waals surface area (Å²) in [6, 6.07) is 21.5. The number of aromatic nitrogens is 6. The summed E-state index contributed by atoms with van der Waals surface area (Å²) in [4.78, 5) is 75.5. The summed E-state index contributed by atoms with van der Waals surface area (Å²) >= 11 is 9.52. The topological polar surface area (TPSA) is 289 Å². The Labute approximate surface area is 480 Å². The molecule has 21 nitrogen and oxygen atoms in total. The Balaban J connectivity index is 0.000000175. The van der Waals surface area contributed by atoms with Crippen LogP contribution >= 0.6 is 47.8 Å². The van der Waals surface area contributed by atoms with Crippen LogP contribution in [0.25, 0.3) is 32.7 Å². The summed E-state index contributed by atoms with van der Waals surface area (Å²) in [5.74, 6) is -1.65. The van der Waals surface area contributed by atoms with Crippen LogP contribution < -0.4 is 49.3 Å². The van der Waals surface area contributed by atoms with Crippen LogP contribution in [0, 0.1) is 17.5 Å². The molecule has 0 aliphatic rings. The average molecular weight is 1310 g/mol. The van der Waals surface area contributed by atoms with E-state index in [9.17, 15) is 57.3 Å². The summed E-state index contributed by atoms with van der Waals surface area (Å²) in [5.41, 5.74) is -0.630. The Hall–Kier alpha value is -7.47. The molecule has 3 atom stereocenters. The Morgan fingerprint density at radius 3 is 0.877 bits per heavy atom. The molecule has 3 aromatic carbocycles. The zero-order valence-corrected chi connectivity index (χ0v) is 47.7. The van der Waals surface area contributed by atoms with Crippen LogP contribution in [-0.2, 0) is 40.8 Å². The second-order valence-electron chi connectivity index (χ2n) is 18.2. The number of benzene rings is 3. The highest BCUT2D eigenvalue weighted by Gasteiger charge is 2.19. The molecule has 9 N–H and O–H groups in total. The van der Waals surface area contributed by atoms with E-state index in [2.05, 4.69) is 63.7 Å². The molecule has 0 radical (unpaired) electrons. The maximum Gasteiger partial charge on any atom is 0.262 e. The van der Waals surface area contributed by atoms with Crippen molar-refractivity contribution in [1.29, 1.82) is 0 Å². The van der Waals surface area contributed by atoms with Crippen LogP contribution in [0.1, 0.15) is 0 Å². The molecule has 0 aliphatic heterocycles. The molecule has 6 aromatic heterocycles. The van der Waals surface area contributed by atoms with E-state index in [1.165, 1.54) is 122 Å². The molecule has 1 unspecified atom stereocenters. The summed E-state index contributed by atoms with van der Waals surface area (Å²) in [6.07, 6.45) is 1.00. The molecular formula is C54H51Br3F3N9O12. The molecule has 0 saturated heterocycles. The third-order valence-electron chi connectivity index (χ3n) is 12.6. The maximum atomic E-state index is 14.2. The minimum absolute atomic E-state index is 0.109. The van der Waals surface area contributed by atoms with Gasteiger partial charge in [-0.15, -0.1) is 0 Å². The monoisotopic (exact) mass is 1310 g/mol. The SMILES string of the molecule is Cn1c(=O)cc(Nc2ccc(Br)cc2F)c2c(=O)n(CC(O)CO)ccc21.Cn1c(=O)cc(Nc2ccc(Br)cc2F)c2c(=O)n(C[C@@H](O)CO)ccc21.Cn1c(=O)cc(Nc2ccc(Br)cc2F)c2c(=O)n(C[C@H](O)CO)ccc21. The highest BCUT2D eigenvalue weighted by atomic mass is 79.9. The molecular weight excluding hydrogens is 1260 g/mol. The number of anilines is 6. The van der Waals surface area contributed by atoms with Crippen molar-refractivity contribution in [3.8, 4) is 0 Å². The van der Waals surface area contributed by atoms with Crippen LogP contribution in [0.5, 0.6) is 0 Å². The first-order valence-electron chi connectivity index (χ1n) is 24.2. The molecule has 0 bridgehead atoms. The van der Waals surface area contributed by atoms with E-state index in [1.807, 2.05) is 0 Å². The lowest BCUT2D eigenvalue weighted by atomic mass is 10.2. The first kappa shape index (κ1) is 61.2. The van der Waals surface area contributed by atoms with Crippen LogP contribution in [0.3, 0.4) is 0 Å². The average Bonchev–Trinajstić information content (AvgIpc) is 3.42. The van der Waals surface area contributed by atoms with Gasteiger partial charge >= 0.3 is 0 Å². The van der Waals surface area contributed by atoms with E-state index < -0.39 is 72.3 Å². The van der Waals surface area contributed by atoms with Crippen molar-refractivity contribution in [2.24, 2.45) is 21.1 Å². The van der Waals surface area contributed by atoms with Gasteiger partial charge in [-0.1, -0.05) is 47.8 Å². The molecule has 0 fully saturated rings. The number of aliphatic hydroxyl groups is 6. The van der Waals surface area contributed by atoms with Gasteiger partial charge in [0, 0.05) is 71.4 Å². The van der Waals surface area contributed by atoms with Gasteiger partial charge in [-0.2, -0.15) is 0 Å². The number of aryl methyl sites for hydroxylation is 3. The zero-order chi connectivity index (χ0) is 59.1. The van der Waals surface area contributed by atoms with Crippen molar-refractivity contribution in [2.75, 3.05) is 35.8 Å². The number of aliphatic hydroxyl groups excluding tert-OH is 6. The lowest BCUT2D eigenvalue weighted by Crippen LogP contribution is -2.30. The van der Waals surface area contributed by atoms with Crippen LogP contribution in [0.2, 0.25) is 0 Å². The molecule has 9 aromatic rings. The molecule has 0 aliphatic carbocycles. The van der Waals surface area contributed by atoms with Crippen molar-refractivity contribution in [2.45, 2.75) is 37.9 Å². The number of nitrogens with zero attached hydrogens (tertiary/aromatic N) is 6. The second kappa shape index (κ2) is 26.4. The van der Waals surface area contributed by atoms with Crippen molar-refractivity contribution in [3.63, 3.8) is 0 Å². The van der Waals surface area contributed by atoms with Gasteiger partial charge in [-0.3, -0.25) is 28.8 Å². The number of pyridine rings is 6. The van der Waals surface area contributed by atoms with Crippen molar-refractivity contribution < 1.29 is 43.8 Å². The molecule has 81 heavy (non-hydrogen) atoms. The van der Waals surface area contributed by atoms with Gasteiger partial charge in [0.25, 0.3) is 33.4 Å². The number of fused-ring (bicyclic) bond motifs is 3. The molecule has 0 saturated carbocycles. The normalized spacial score (nSPS) is 12.3. The summed E-state index contributed by atoms with van der Waals surface area (Å²) in [5, 5.41) is 64.9. The molecule has 6 heterocycles. The molecule has 27 heteroatoms. The smallest absolute Gasteiger partial charge is 0.262 e. The largest absolute Gasteiger partial charge is 0.394 e. The fourth-order valence-corrected chi connectivity index (χ4v) is 9.31. The van der Waals surface area contributed by atoms with Crippen molar-refractivity contribution in [1.82, 2.24) is 27.4 Å². The minimum Gasteiger partial charge on any atom is -0.394 e. The van der Waals surface area contributed by atoms with Crippen LogP contribution in [0.4, 0.5) is 47.3 Å². The Kier molecular flexibility index (Phi) is 19.9. The predicted molar refractivity (Wildman–Crippen MR) is 312 cm³/mol. The zero-order valence-electron chi connectivity index (χ0n) is 43.0. The lowest BCUT2D eigenvalue weighted by Gasteiger charge is -2.15. The second-order valence-corrected chi connectivity index (χ2v) is 21.0. The van der Waals surface area contributed by atoms with Crippen molar-refractivity contribution in [3.05, 3.63) is 203 Å². The van der Waals surface area contributed by atoms with Gasteiger partial charge < -0.3 is 74.0 Å². The third-order valence-corrected chi connectivity index (χ3v) is 14.1. The van der Waals surface area contributed by atoms with Crippen LogP contribution in [-0.4, -0.2) is 96.2 Å². The number of nitrogens with one attached hydrogen (secondary N) is 3. The van der Waals surface area contributed by atoms with E-state index in [0.717, 1.165) is 0 Å². The minimum atomic E-state index is -1.10. The summed E-state index contributed by atoms with van der Waals surface area (Å²) in [6.45, 7) is -1.81. The Morgan fingerprint density at radius 2 is 0.654 bits per heavy atom. The fraction of sp³-hybridized carbons (Fsp3) is 0.222. The van der Waals surface area contributed by atoms with Gasteiger partial charge in [-0.05, 0) is 72.8 Å². The van der Waals surface area contributed by atoms with Gasteiger partial charge in [0.15, 0.2) is 0 Å². The highest BCUT2D eigenvalue weighted by molar-refractivity contribution is 9.11. The fourth-order valence-electron chi connectivity index (χ4n) is 8.32. The van der Waals surface area contributed by atoms with Crippen LogP contribution in [0.15, 0.2) is 152 Å². The Morgan fingerprint density at radius 1 is 0.407 bits per heavy atom. The standard InChI is InChI=1S/3C18H17BrFN3O4/c3*1-22-15-4-5-23(8-11(25)9-24)18(27)17(15)14(7-16(22)26)21-13-3-2-10(19)6-12(13)20/h3*2-7,11,21,24-25H,8-9H2,1H3/t2*11-;/m10./s1. The number of halogens is 6. The number of rotatable bonds is 15. The van der Waals surface area contributed by atoms with Gasteiger partial charge in [-0.25, -0.2) is 13.2 Å². The summed E-state index contributed by atoms with van der Waals surface area (Å²) < 4.78 is 51.9. The molecule has 9 rings (SSSR count). The van der Waals surface area contributed by atoms with Gasteiger partial charge in [0.2, 0.25) is 0 Å². The molecule has 426 valence electrons. The summed E-state index contributed by atoms with van der Waals surface area (Å²) in [7, 11) is 4.59. The quantitative estimate of drug-likeness (QED) is 0.0646. The van der Waals surface area contributed by atoms with E-state index in [4.69, 9.17) is 15.3 Å². The predicted octanol–water partition coefficient (Wildman–Crippen LogP) is 5.10. The molecule has 0 spiro atoms. The maximum absolute atomic E-state index is 14.2. The Bertz CT molecular complexity index is 3800.